The summed E-state index contributed by atoms with van der Waals surface area (Å²) < 4.78 is 5.35. The Morgan fingerprint density at radius 1 is 1.59 bits per heavy atom. The van der Waals surface area contributed by atoms with Crippen molar-refractivity contribution in [2.45, 2.75) is 13.0 Å². The number of nitrogen functional groups attached to an aromatic ring is 1. The molecule has 0 aliphatic carbocycles. The van der Waals surface area contributed by atoms with E-state index >= 15 is 0 Å². The summed E-state index contributed by atoms with van der Waals surface area (Å²) in [7, 11) is 1.60. The van der Waals surface area contributed by atoms with Gasteiger partial charge >= 0.3 is 0 Å². The van der Waals surface area contributed by atoms with Crippen molar-refractivity contribution in [3.05, 3.63) is 6.33 Å². The third-order valence-corrected chi connectivity index (χ3v) is 3.95. The number of hydrazine groups is 1. The van der Waals surface area contributed by atoms with E-state index in [1.54, 1.807) is 7.11 Å². The largest absolute Gasteiger partial charge is 0.490 e. The molecule has 0 amide bonds. The molecule has 6 nitrogen and oxygen atoms in total. The number of anilines is 2. The third-order valence-electron chi connectivity index (χ3n) is 2.77. The van der Waals surface area contributed by atoms with Crippen molar-refractivity contribution in [2.24, 2.45) is 5.84 Å². The average molecular weight is 255 g/mol. The Hall–Kier alpha value is -1.21. The van der Waals surface area contributed by atoms with E-state index in [-0.39, 0.29) is 0 Å². The number of nitrogens with zero attached hydrogens (tertiary/aromatic N) is 3. The van der Waals surface area contributed by atoms with Gasteiger partial charge < -0.3 is 15.1 Å². The summed E-state index contributed by atoms with van der Waals surface area (Å²) in [6, 6.07) is 0.433. The molecular weight excluding hydrogens is 238 g/mol. The summed E-state index contributed by atoms with van der Waals surface area (Å²) in [5.41, 5.74) is 2.53. The molecule has 1 atom stereocenters. The highest BCUT2D eigenvalue weighted by Crippen LogP contribution is 2.34. The number of methoxy groups -OCH3 is 1. The predicted octanol–water partition coefficient (Wildman–Crippen LogP) is 0.712. The first-order chi connectivity index (χ1) is 8.27. The molecule has 0 aromatic carbocycles. The lowest BCUT2D eigenvalue weighted by Crippen LogP contribution is -2.41. The number of rotatable bonds is 3. The van der Waals surface area contributed by atoms with Crippen LogP contribution in [0, 0.1) is 0 Å². The maximum atomic E-state index is 5.42. The number of ether oxygens (including phenoxy) is 1. The highest BCUT2D eigenvalue weighted by molar-refractivity contribution is 7.99. The van der Waals surface area contributed by atoms with Crippen LogP contribution in [0.5, 0.6) is 5.75 Å². The number of aromatic nitrogens is 2. The second-order valence-corrected chi connectivity index (χ2v) is 4.99. The molecule has 0 radical (unpaired) electrons. The van der Waals surface area contributed by atoms with Crippen LogP contribution in [0.3, 0.4) is 0 Å². The van der Waals surface area contributed by atoms with Gasteiger partial charge in [0.25, 0.3) is 0 Å². The van der Waals surface area contributed by atoms with E-state index in [2.05, 4.69) is 27.2 Å². The van der Waals surface area contributed by atoms with Crippen LogP contribution in [0.25, 0.3) is 0 Å². The second kappa shape index (κ2) is 5.42. The van der Waals surface area contributed by atoms with E-state index in [1.165, 1.54) is 6.33 Å². The van der Waals surface area contributed by atoms with Gasteiger partial charge in [-0.1, -0.05) is 0 Å². The van der Waals surface area contributed by atoms with Gasteiger partial charge in [0.2, 0.25) is 5.75 Å². The molecule has 1 saturated heterocycles. The monoisotopic (exact) mass is 255 g/mol. The number of nitrogens with two attached hydrogens (primary N) is 1. The van der Waals surface area contributed by atoms with Gasteiger partial charge in [-0.3, -0.25) is 0 Å². The maximum absolute atomic E-state index is 5.42. The van der Waals surface area contributed by atoms with E-state index in [0.29, 0.717) is 17.6 Å². The first-order valence-electron chi connectivity index (χ1n) is 5.48. The van der Waals surface area contributed by atoms with E-state index < -0.39 is 0 Å². The van der Waals surface area contributed by atoms with Crippen molar-refractivity contribution in [2.75, 3.05) is 35.5 Å². The van der Waals surface area contributed by atoms with E-state index in [4.69, 9.17) is 10.6 Å². The first kappa shape index (κ1) is 12.3. The van der Waals surface area contributed by atoms with Crippen molar-refractivity contribution in [3.8, 4) is 5.75 Å². The van der Waals surface area contributed by atoms with Crippen LogP contribution in [-0.2, 0) is 0 Å². The Labute approximate surface area is 105 Å². The molecular formula is C10H17N5OS. The quantitative estimate of drug-likeness (QED) is 0.608. The molecule has 0 saturated carbocycles. The second-order valence-electron chi connectivity index (χ2n) is 3.84. The van der Waals surface area contributed by atoms with Gasteiger partial charge in [-0.05, 0) is 6.92 Å². The van der Waals surface area contributed by atoms with Crippen molar-refractivity contribution in [1.29, 1.82) is 0 Å². The molecule has 1 aliphatic rings. The lowest BCUT2D eigenvalue weighted by atomic mass is 10.3. The smallest absolute Gasteiger partial charge is 0.205 e. The summed E-state index contributed by atoms with van der Waals surface area (Å²) in [4.78, 5) is 10.6. The molecule has 1 fully saturated rings. The van der Waals surface area contributed by atoms with Crippen LogP contribution in [0.1, 0.15) is 6.92 Å². The number of nitrogens with one attached hydrogen (secondary N) is 1. The standard InChI is InChI=1S/C10H17N5OS/c1-7-5-17-4-3-15(7)10-8(16-2)9(14-11)12-6-13-10/h6-7H,3-5,11H2,1-2H3,(H,12,13,14). The average Bonchev–Trinajstić information content (AvgIpc) is 2.38. The van der Waals surface area contributed by atoms with Gasteiger partial charge in [0.05, 0.1) is 7.11 Å². The fourth-order valence-corrected chi connectivity index (χ4v) is 2.92. The minimum absolute atomic E-state index is 0.433. The van der Waals surface area contributed by atoms with Gasteiger partial charge in [-0.25, -0.2) is 15.8 Å². The number of hydrogen-bond donors (Lipinski definition) is 2. The van der Waals surface area contributed by atoms with Crippen LogP contribution >= 0.6 is 11.8 Å². The minimum atomic E-state index is 0.433. The van der Waals surface area contributed by atoms with E-state index in [1.807, 2.05) is 11.8 Å². The fraction of sp³-hybridized carbons (Fsp3) is 0.600. The predicted molar refractivity (Wildman–Crippen MR) is 70.5 cm³/mol. The lowest BCUT2D eigenvalue weighted by molar-refractivity contribution is 0.411. The number of hydrogen-bond acceptors (Lipinski definition) is 7. The molecule has 7 heteroatoms. The third kappa shape index (κ3) is 2.39. The maximum Gasteiger partial charge on any atom is 0.205 e. The minimum Gasteiger partial charge on any atom is -0.490 e. The zero-order valence-electron chi connectivity index (χ0n) is 10.0. The Bertz CT molecular complexity index is 389. The Morgan fingerprint density at radius 2 is 2.41 bits per heavy atom. The van der Waals surface area contributed by atoms with Gasteiger partial charge in [-0.15, -0.1) is 0 Å². The van der Waals surface area contributed by atoms with Crippen molar-refractivity contribution < 1.29 is 4.74 Å². The summed E-state index contributed by atoms with van der Waals surface area (Å²) in [5, 5.41) is 0. The van der Waals surface area contributed by atoms with Gasteiger partial charge in [0, 0.05) is 24.1 Å². The van der Waals surface area contributed by atoms with Crippen LogP contribution in [-0.4, -0.2) is 41.2 Å². The Morgan fingerprint density at radius 3 is 3.06 bits per heavy atom. The molecule has 0 spiro atoms. The Kier molecular flexibility index (Phi) is 3.90. The highest BCUT2D eigenvalue weighted by Gasteiger charge is 2.24. The summed E-state index contributed by atoms with van der Waals surface area (Å²) in [5.74, 6) is 9.54. The fourth-order valence-electron chi connectivity index (χ4n) is 1.90. The van der Waals surface area contributed by atoms with Crippen LogP contribution in [0.15, 0.2) is 6.33 Å². The molecule has 3 N–H and O–H groups in total. The summed E-state index contributed by atoms with van der Waals surface area (Å²) in [6.07, 6.45) is 1.50. The molecule has 94 valence electrons. The lowest BCUT2D eigenvalue weighted by Gasteiger charge is -2.34. The molecule has 1 aromatic rings. The van der Waals surface area contributed by atoms with Gasteiger partial charge in [-0.2, -0.15) is 11.8 Å². The number of thioether (sulfide) groups is 1. The van der Waals surface area contributed by atoms with Crippen LogP contribution in [0.2, 0.25) is 0 Å². The summed E-state index contributed by atoms with van der Waals surface area (Å²) >= 11 is 1.96. The topological polar surface area (TPSA) is 76.3 Å². The zero-order valence-corrected chi connectivity index (χ0v) is 10.8. The SMILES string of the molecule is COc1c(NN)ncnc1N1CCSCC1C. The van der Waals surface area contributed by atoms with Crippen molar-refractivity contribution in [1.82, 2.24) is 9.97 Å². The van der Waals surface area contributed by atoms with E-state index in [0.717, 1.165) is 23.9 Å². The van der Waals surface area contributed by atoms with E-state index in [9.17, 15) is 0 Å². The summed E-state index contributed by atoms with van der Waals surface area (Å²) in [6.45, 7) is 3.15. The molecule has 0 bridgehead atoms. The molecule has 1 aromatic heterocycles. The van der Waals surface area contributed by atoms with Crippen LogP contribution < -0.4 is 20.9 Å². The first-order valence-corrected chi connectivity index (χ1v) is 6.63. The van der Waals surface area contributed by atoms with Crippen molar-refractivity contribution >= 4 is 23.4 Å². The normalized spacial score (nSPS) is 20.2. The highest BCUT2D eigenvalue weighted by atomic mass is 32.2. The molecule has 17 heavy (non-hydrogen) atoms. The van der Waals surface area contributed by atoms with Crippen LogP contribution in [0.4, 0.5) is 11.6 Å². The molecule has 2 heterocycles. The molecule has 1 aliphatic heterocycles. The van der Waals surface area contributed by atoms with Gasteiger partial charge in [0.1, 0.15) is 6.33 Å². The van der Waals surface area contributed by atoms with Gasteiger partial charge in [0.15, 0.2) is 11.6 Å². The molecule has 1 unspecified atom stereocenters. The van der Waals surface area contributed by atoms with Crippen molar-refractivity contribution in [3.63, 3.8) is 0 Å². The zero-order chi connectivity index (χ0) is 12.3. The Balaban J connectivity index is 2.36. The molecule has 2 rings (SSSR count).